The van der Waals surface area contributed by atoms with Crippen molar-refractivity contribution in [2.24, 2.45) is 0 Å². The molecule has 0 aromatic heterocycles. The van der Waals surface area contributed by atoms with Gasteiger partial charge in [0.05, 0.1) is 11.4 Å². The standard InChI is InChI=1S/C14H10ClNOS/c1-8(17)10-3-2-4-13-14(10)16-11-7-9(15)5-6-12(11)18-13/h2-7,16H,1H3. The number of fused-ring (bicyclic) bond motifs is 2. The number of para-hydroxylation sites is 1. The minimum atomic E-state index is 0.0606. The van der Waals surface area contributed by atoms with Gasteiger partial charge >= 0.3 is 0 Å². The summed E-state index contributed by atoms with van der Waals surface area (Å²) in [5.74, 6) is 0.0606. The summed E-state index contributed by atoms with van der Waals surface area (Å²) in [6.07, 6.45) is 0. The maximum atomic E-state index is 11.6. The fourth-order valence-electron chi connectivity index (χ4n) is 1.98. The Morgan fingerprint density at radius 1 is 1.22 bits per heavy atom. The summed E-state index contributed by atoms with van der Waals surface area (Å²) in [5.41, 5.74) is 2.55. The Hall–Kier alpha value is -1.45. The number of carbonyl (C=O) groups excluding carboxylic acids is 1. The van der Waals surface area contributed by atoms with Crippen LogP contribution in [0.1, 0.15) is 17.3 Å². The first-order valence-corrected chi connectivity index (χ1v) is 6.73. The van der Waals surface area contributed by atoms with Crippen LogP contribution in [-0.2, 0) is 0 Å². The van der Waals surface area contributed by atoms with Crippen LogP contribution in [0.5, 0.6) is 0 Å². The van der Waals surface area contributed by atoms with Crippen molar-refractivity contribution in [1.29, 1.82) is 0 Å². The van der Waals surface area contributed by atoms with Gasteiger partial charge in [-0.2, -0.15) is 0 Å². The highest BCUT2D eigenvalue weighted by molar-refractivity contribution is 7.99. The van der Waals surface area contributed by atoms with Gasteiger partial charge in [-0.3, -0.25) is 4.79 Å². The number of rotatable bonds is 1. The average Bonchev–Trinajstić information content (AvgIpc) is 2.35. The van der Waals surface area contributed by atoms with E-state index in [0.29, 0.717) is 10.6 Å². The van der Waals surface area contributed by atoms with Crippen molar-refractivity contribution in [3.05, 3.63) is 47.0 Å². The summed E-state index contributed by atoms with van der Waals surface area (Å²) in [6, 6.07) is 11.5. The largest absolute Gasteiger partial charge is 0.353 e. The molecule has 0 bridgehead atoms. The zero-order valence-electron chi connectivity index (χ0n) is 9.66. The number of nitrogens with one attached hydrogen (secondary N) is 1. The predicted octanol–water partition coefficient (Wildman–Crippen LogP) is 4.75. The van der Waals surface area contributed by atoms with E-state index in [-0.39, 0.29) is 5.78 Å². The van der Waals surface area contributed by atoms with Gasteiger partial charge in [0.15, 0.2) is 5.78 Å². The molecule has 1 heterocycles. The molecular weight excluding hydrogens is 266 g/mol. The molecule has 0 unspecified atom stereocenters. The first-order chi connectivity index (χ1) is 8.65. The Labute approximate surface area is 114 Å². The number of benzene rings is 2. The van der Waals surface area contributed by atoms with Gasteiger partial charge in [-0.15, -0.1) is 0 Å². The van der Waals surface area contributed by atoms with Crippen LogP contribution in [0.15, 0.2) is 46.2 Å². The highest BCUT2D eigenvalue weighted by Crippen LogP contribution is 2.46. The van der Waals surface area contributed by atoms with Crippen LogP contribution in [0, 0.1) is 0 Å². The van der Waals surface area contributed by atoms with Crippen LogP contribution in [0.2, 0.25) is 5.02 Å². The van der Waals surface area contributed by atoms with Crippen LogP contribution < -0.4 is 5.32 Å². The third-order valence-electron chi connectivity index (χ3n) is 2.83. The molecule has 18 heavy (non-hydrogen) atoms. The maximum Gasteiger partial charge on any atom is 0.161 e. The number of hydrogen-bond donors (Lipinski definition) is 1. The van der Waals surface area contributed by atoms with E-state index in [1.807, 2.05) is 36.4 Å². The minimum Gasteiger partial charge on any atom is -0.353 e. The first kappa shape index (κ1) is 11.6. The number of halogens is 1. The Bertz CT molecular complexity index is 654. The summed E-state index contributed by atoms with van der Waals surface area (Å²) in [4.78, 5) is 13.8. The molecule has 2 nitrogen and oxygen atoms in total. The third kappa shape index (κ3) is 1.89. The number of ketones is 1. The molecule has 0 aliphatic carbocycles. The zero-order valence-corrected chi connectivity index (χ0v) is 11.2. The molecule has 0 saturated carbocycles. The Balaban J connectivity index is 2.14. The molecule has 0 fully saturated rings. The third-order valence-corrected chi connectivity index (χ3v) is 4.20. The number of Topliss-reactive ketones (excluding diaryl/α,β-unsaturated/α-hetero) is 1. The monoisotopic (exact) mass is 275 g/mol. The van der Waals surface area contributed by atoms with E-state index in [2.05, 4.69) is 5.32 Å². The van der Waals surface area contributed by atoms with Crippen LogP contribution in [0.3, 0.4) is 0 Å². The second kappa shape index (κ2) is 4.34. The highest BCUT2D eigenvalue weighted by atomic mass is 35.5. The molecule has 0 saturated heterocycles. The highest BCUT2D eigenvalue weighted by Gasteiger charge is 2.19. The summed E-state index contributed by atoms with van der Waals surface area (Å²) in [7, 11) is 0. The molecule has 2 aromatic carbocycles. The Kier molecular flexibility index (Phi) is 2.80. The molecule has 0 atom stereocenters. The van der Waals surface area contributed by atoms with Crippen LogP contribution in [0.25, 0.3) is 0 Å². The van der Waals surface area contributed by atoms with E-state index in [1.54, 1.807) is 18.7 Å². The second-order valence-electron chi connectivity index (χ2n) is 4.10. The van der Waals surface area contributed by atoms with Gasteiger partial charge in [-0.05, 0) is 37.3 Å². The SMILES string of the molecule is CC(=O)c1cccc2c1Nc1cc(Cl)ccc1S2. The van der Waals surface area contributed by atoms with Crippen molar-refractivity contribution in [2.75, 3.05) is 5.32 Å². The van der Waals surface area contributed by atoms with Gasteiger partial charge in [0.1, 0.15) is 0 Å². The first-order valence-electron chi connectivity index (χ1n) is 5.53. The summed E-state index contributed by atoms with van der Waals surface area (Å²) < 4.78 is 0. The Morgan fingerprint density at radius 2 is 2.06 bits per heavy atom. The number of carbonyl (C=O) groups is 1. The van der Waals surface area contributed by atoms with Crippen molar-refractivity contribution in [1.82, 2.24) is 0 Å². The lowest BCUT2D eigenvalue weighted by Gasteiger charge is -2.22. The van der Waals surface area contributed by atoms with Gasteiger partial charge in [-0.25, -0.2) is 0 Å². The van der Waals surface area contributed by atoms with E-state index in [9.17, 15) is 4.79 Å². The van der Waals surface area contributed by atoms with Crippen molar-refractivity contribution in [3.8, 4) is 0 Å². The maximum absolute atomic E-state index is 11.6. The molecule has 0 spiro atoms. The molecule has 2 aromatic rings. The molecule has 0 radical (unpaired) electrons. The van der Waals surface area contributed by atoms with E-state index < -0.39 is 0 Å². The fraction of sp³-hybridized carbons (Fsp3) is 0.0714. The molecule has 4 heteroatoms. The van der Waals surface area contributed by atoms with Crippen LogP contribution >= 0.6 is 23.4 Å². The lowest BCUT2D eigenvalue weighted by Crippen LogP contribution is -2.05. The molecule has 0 amide bonds. The molecular formula is C14H10ClNOS. The molecule has 1 aliphatic rings. The molecule has 1 aliphatic heterocycles. The minimum absolute atomic E-state index is 0.0606. The normalized spacial score (nSPS) is 12.3. The zero-order chi connectivity index (χ0) is 12.7. The topological polar surface area (TPSA) is 29.1 Å². The molecule has 1 N–H and O–H groups in total. The predicted molar refractivity (Wildman–Crippen MR) is 75.3 cm³/mol. The van der Waals surface area contributed by atoms with Gasteiger partial charge in [0, 0.05) is 20.4 Å². The van der Waals surface area contributed by atoms with Gasteiger partial charge in [0.25, 0.3) is 0 Å². The fourth-order valence-corrected chi connectivity index (χ4v) is 3.16. The van der Waals surface area contributed by atoms with E-state index >= 15 is 0 Å². The van der Waals surface area contributed by atoms with Crippen LogP contribution in [-0.4, -0.2) is 5.78 Å². The van der Waals surface area contributed by atoms with Crippen molar-refractivity contribution >= 4 is 40.5 Å². The lowest BCUT2D eigenvalue weighted by molar-refractivity contribution is 0.101. The van der Waals surface area contributed by atoms with E-state index in [1.165, 1.54) is 0 Å². The smallest absolute Gasteiger partial charge is 0.161 e. The summed E-state index contributed by atoms with van der Waals surface area (Å²) in [6.45, 7) is 1.58. The van der Waals surface area contributed by atoms with Crippen LogP contribution in [0.4, 0.5) is 11.4 Å². The lowest BCUT2D eigenvalue weighted by atomic mass is 10.1. The number of anilines is 2. The quantitative estimate of drug-likeness (QED) is 0.650. The van der Waals surface area contributed by atoms with Gasteiger partial charge < -0.3 is 5.32 Å². The van der Waals surface area contributed by atoms with Crippen molar-refractivity contribution < 1.29 is 4.79 Å². The van der Waals surface area contributed by atoms with E-state index in [0.717, 1.165) is 21.2 Å². The average molecular weight is 276 g/mol. The van der Waals surface area contributed by atoms with Gasteiger partial charge in [-0.1, -0.05) is 29.4 Å². The van der Waals surface area contributed by atoms with Crippen molar-refractivity contribution in [3.63, 3.8) is 0 Å². The molecule has 3 rings (SSSR count). The Morgan fingerprint density at radius 3 is 2.83 bits per heavy atom. The summed E-state index contributed by atoms with van der Waals surface area (Å²) >= 11 is 7.64. The second-order valence-corrected chi connectivity index (χ2v) is 5.62. The summed E-state index contributed by atoms with van der Waals surface area (Å²) in [5, 5.41) is 3.99. The van der Waals surface area contributed by atoms with E-state index in [4.69, 9.17) is 11.6 Å². The van der Waals surface area contributed by atoms with Gasteiger partial charge in [0.2, 0.25) is 0 Å². The molecule has 90 valence electrons. The van der Waals surface area contributed by atoms with Crippen molar-refractivity contribution in [2.45, 2.75) is 16.7 Å². The number of hydrogen-bond acceptors (Lipinski definition) is 3.